The molecule has 1 N–H and O–H groups in total. The van der Waals surface area contributed by atoms with Gasteiger partial charge in [0.15, 0.2) is 0 Å². The molecular weight excluding hydrogens is 374 g/mol. The lowest BCUT2D eigenvalue weighted by atomic mass is 10.1. The molecule has 0 spiro atoms. The lowest BCUT2D eigenvalue weighted by Crippen LogP contribution is -2.32. The first-order chi connectivity index (χ1) is 12.3. The summed E-state index contributed by atoms with van der Waals surface area (Å²) in [6.07, 6.45) is 1.95. The van der Waals surface area contributed by atoms with Crippen LogP contribution in [0.1, 0.15) is 18.2 Å². The zero-order valence-corrected chi connectivity index (χ0v) is 16.5. The van der Waals surface area contributed by atoms with Crippen molar-refractivity contribution in [3.8, 4) is 10.4 Å². The topological polar surface area (TPSA) is 92.5 Å². The van der Waals surface area contributed by atoms with Crippen molar-refractivity contribution in [3.05, 3.63) is 51.4 Å². The SMILES string of the molecule is CCN(CCCNCc1ccc(-c2ccccc2[N+](=O)[O-])s1)S(C)(=O)=O. The Morgan fingerprint density at radius 3 is 2.62 bits per heavy atom. The number of sulfonamides is 1. The molecule has 1 aromatic heterocycles. The van der Waals surface area contributed by atoms with E-state index in [0.717, 1.165) is 16.2 Å². The number of nitro benzene ring substituents is 1. The van der Waals surface area contributed by atoms with E-state index < -0.39 is 10.0 Å². The third-order valence-electron chi connectivity index (χ3n) is 3.91. The zero-order valence-electron chi connectivity index (χ0n) is 14.8. The summed E-state index contributed by atoms with van der Waals surface area (Å²) >= 11 is 1.52. The van der Waals surface area contributed by atoms with Crippen molar-refractivity contribution in [2.24, 2.45) is 0 Å². The molecule has 26 heavy (non-hydrogen) atoms. The number of nitro groups is 1. The van der Waals surface area contributed by atoms with E-state index in [1.54, 1.807) is 18.2 Å². The van der Waals surface area contributed by atoms with Crippen molar-refractivity contribution in [2.75, 3.05) is 25.9 Å². The molecule has 142 valence electrons. The van der Waals surface area contributed by atoms with Gasteiger partial charge in [-0.2, -0.15) is 0 Å². The molecule has 7 nitrogen and oxygen atoms in total. The van der Waals surface area contributed by atoms with E-state index in [1.807, 2.05) is 19.1 Å². The highest BCUT2D eigenvalue weighted by atomic mass is 32.2. The standard InChI is InChI=1S/C17H23N3O4S2/c1-3-19(26(2,23)24)12-6-11-18-13-14-9-10-17(25-14)15-7-4-5-8-16(15)20(21)22/h4-5,7-10,18H,3,6,11-13H2,1-2H3. The van der Waals surface area contributed by atoms with Gasteiger partial charge in [0.05, 0.1) is 16.7 Å². The van der Waals surface area contributed by atoms with E-state index in [9.17, 15) is 18.5 Å². The van der Waals surface area contributed by atoms with Gasteiger partial charge in [0, 0.05) is 35.5 Å². The summed E-state index contributed by atoms with van der Waals surface area (Å²) in [6.45, 7) is 4.14. The van der Waals surface area contributed by atoms with Crippen LogP contribution in [0.25, 0.3) is 10.4 Å². The third-order valence-corrected chi connectivity index (χ3v) is 6.41. The van der Waals surface area contributed by atoms with Crippen LogP contribution in [0.4, 0.5) is 5.69 Å². The van der Waals surface area contributed by atoms with Crippen molar-refractivity contribution in [1.29, 1.82) is 0 Å². The fraction of sp³-hybridized carbons (Fsp3) is 0.412. The van der Waals surface area contributed by atoms with Gasteiger partial charge in [0.2, 0.25) is 10.0 Å². The summed E-state index contributed by atoms with van der Waals surface area (Å²) in [4.78, 5) is 12.7. The van der Waals surface area contributed by atoms with Crippen molar-refractivity contribution < 1.29 is 13.3 Å². The van der Waals surface area contributed by atoms with Gasteiger partial charge in [-0.05, 0) is 31.2 Å². The summed E-state index contributed by atoms with van der Waals surface area (Å²) in [5.74, 6) is 0. The molecule has 0 amide bonds. The Morgan fingerprint density at radius 1 is 1.23 bits per heavy atom. The molecular formula is C17H23N3O4S2. The number of nitrogens with one attached hydrogen (secondary N) is 1. The Morgan fingerprint density at radius 2 is 1.96 bits per heavy atom. The van der Waals surface area contributed by atoms with E-state index in [2.05, 4.69) is 5.32 Å². The fourth-order valence-corrected chi connectivity index (χ4v) is 4.55. The second-order valence-electron chi connectivity index (χ2n) is 5.83. The molecule has 1 heterocycles. The van der Waals surface area contributed by atoms with Crippen LogP contribution in [-0.4, -0.2) is 43.5 Å². The number of hydrogen-bond acceptors (Lipinski definition) is 6. The molecule has 0 saturated carbocycles. The van der Waals surface area contributed by atoms with E-state index in [0.29, 0.717) is 31.7 Å². The molecule has 0 bridgehead atoms. The molecule has 0 fully saturated rings. The molecule has 2 rings (SSSR count). The average molecular weight is 398 g/mol. The summed E-state index contributed by atoms with van der Waals surface area (Å²) < 4.78 is 24.5. The van der Waals surface area contributed by atoms with Crippen LogP contribution >= 0.6 is 11.3 Å². The monoisotopic (exact) mass is 397 g/mol. The number of rotatable bonds is 10. The Hall–Kier alpha value is -1.81. The molecule has 0 saturated heterocycles. The second-order valence-corrected chi connectivity index (χ2v) is 8.98. The van der Waals surface area contributed by atoms with Gasteiger partial charge in [0.1, 0.15) is 0 Å². The molecule has 2 aromatic rings. The number of nitrogens with zero attached hydrogens (tertiary/aromatic N) is 2. The van der Waals surface area contributed by atoms with Crippen LogP contribution in [0.5, 0.6) is 0 Å². The van der Waals surface area contributed by atoms with Crippen molar-refractivity contribution >= 4 is 27.0 Å². The van der Waals surface area contributed by atoms with Gasteiger partial charge in [-0.25, -0.2) is 12.7 Å². The lowest BCUT2D eigenvalue weighted by Gasteiger charge is -2.17. The van der Waals surface area contributed by atoms with E-state index in [-0.39, 0.29) is 10.6 Å². The highest BCUT2D eigenvalue weighted by Crippen LogP contribution is 2.34. The maximum absolute atomic E-state index is 11.5. The van der Waals surface area contributed by atoms with Gasteiger partial charge in [-0.1, -0.05) is 19.1 Å². The largest absolute Gasteiger partial charge is 0.312 e. The van der Waals surface area contributed by atoms with Gasteiger partial charge in [0.25, 0.3) is 5.69 Å². The minimum absolute atomic E-state index is 0.106. The molecule has 0 atom stereocenters. The number of benzene rings is 1. The maximum atomic E-state index is 11.5. The summed E-state index contributed by atoms with van der Waals surface area (Å²) in [6, 6.07) is 10.6. The van der Waals surface area contributed by atoms with E-state index in [1.165, 1.54) is 28.0 Å². The molecule has 9 heteroatoms. The van der Waals surface area contributed by atoms with Gasteiger partial charge >= 0.3 is 0 Å². The van der Waals surface area contributed by atoms with Crippen LogP contribution in [0.2, 0.25) is 0 Å². The Labute approximate surface area is 157 Å². The lowest BCUT2D eigenvalue weighted by molar-refractivity contribution is -0.384. The number of para-hydroxylation sites is 1. The minimum Gasteiger partial charge on any atom is -0.312 e. The first-order valence-electron chi connectivity index (χ1n) is 8.31. The number of thiophene rings is 1. The molecule has 0 aliphatic heterocycles. The summed E-state index contributed by atoms with van der Waals surface area (Å²) in [5.41, 5.74) is 0.731. The molecule has 1 aromatic carbocycles. The Bertz CT molecular complexity index is 849. The highest BCUT2D eigenvalue weighted by Gasteiger charge is 2.16. The average Bonchev–Trinajstić information content (AvgIpc) is 3.05. The second kappa shape index (κ2) is 9.22. The smallest absolute Gasteiger partial charge is 0.278 e. The van der Waals surface area contributed by atoms with Crippen LogP contribution in [-0.2, 0) is 16.6 Å². The quantitative estimate of drug-likeness (QED) is 0.378. The van der Waals surface area contributed by atoms with Crippen LogP contribution in [0.15, 0.2) is 36.4 Å². The van der Waals surface area contributed by atoms with Crippen molar-refractivity contribution in [1.82, 2.24) is 9.62 Å². The molecule has 0 aliphatic rings. The third kappa shape index (κ3) is 5.60. The van der Waals surface area contributed by atoms with Crippen LogP contribution in [0, 0.1) is 10.1 Å². The molecule has 0 aliphatic carbocycles. The predicted molar refractivity (Wildman–Crippen MR) is 105 cm³/mol. The minimum atomic E-state index is -3.14. The van der Waals surface area contributed by atoms with E-state index >= 15 is 0 Å². The fourth-order valence-electron chi connectivity index (χ4n) is 2.61. The van der Waals surface area contributed by atoms with Gasteiger partial charge in [-0.15, -0.1) is 11.3 Å². The predicted octanol–water partition coefficient (Wildman–Crippen LogP) is 3.08. The van der Waals surface area contributed by atoms with E-state index in [4.69, 9.17) is 0 Å². The van der Waals surface area contributed by atoms with Crippen LogP contribution < -0.4 is 5.32 Å². The molecule has 0 radical (unpaired) electrons. The first kappa shape index (κ1) is 20.5. The van der Waals surface area contributed by atoms with Crippen molar-refractivity contribution in [2.45, 2.75) is 19.9 Å². The van der Waals surface area contributed by atoms with Crippen molar-refractivity contribution in [3.63, 3.8) is 0 Å². The maximum Gasteiger partial charge on any atom is 0.278 e. The normalized spacial score (nSPS) is 11.8. The van der Waals surface area contributed by atoms with Gasteiger partial charge < -0.3 is 5.32 Å². The number of hydrogen-bond donors (Lipinski definition) is 1. The summed E-state index contributed by atoms with van der Waals surface area (Å²) in [5, 5.41) is 14.4. The zero-order chi connectivity index (χ0) is 19.2. The van der Waals surface area contributed by atoms with Gasteiger partial charge in [-0.3, -0.25) is 10.1 Å². The molecule has 0 unspecified atom stereocenters. The Kier molecular flexibility index (Phi) is 7.27. The van der Waals surface area contributed by atoms with Crippen LogP contribution in [0.3, 0.4) is 0 Å². The Balaban J connectivity index is 1.87. The highest BCUT2D eigenvalue weighted by molar-refractivity contribution is 7.88. The first-order valence-corrected chi connectivity index (χ1v) is 11.0. The summed E-state index contributed by atoms with van der Waals surface area (Å²) in [7, 11) is -3.14.